The molecule has 0 atom stereocenters. The van der Waals surface area contributed by atoms with Gasteiger partial charge in [-0.1, -0.05) is 18.2 Å². The van der Waals surface area contributed by atoms with Crippen molar-refractivity contribution in [3.8, 4) is 11.4 Å². The molecule has 1 amide bonds. The number of carbonyl (C=O) groups is 2. The van der Waals surface area contributed by atoms with E-state index < -0.39 is 0 Å². The first-order valence-corrected chi connectivity index (χ1v) is 13.0. The Labute approximate surface area is 207 Å². The number of benzene rings is 1. The number of thiophene rings is 1. The molecule has 0 saturated heterocycles. The molecule has 2 heterocycles. The number of nitrogens with one attached hydrogen (secondary N) is 1. The van der Waals surface area contributed by atoms with Crippen LogP contribution in [-0.2, 0) is 29.4 Å². The Morgan fingerprint density at radius 2 is 1.88 bits per heavy atom. The fraction of sp³-hybridized carbons (Fsp3) is 0.417. The normalized spacial score (nSPS) is 13.2. The second-order valence-corrected chi connectivity index (χ2v) is 10.5. The summed E-state index contributed by atoms with van der Waals surface area (Å²) in [5, 5.41) is 12.8. The maximum absolute atomic E-state index is 12.8. The molecular formula is C24H29N5O3S2. The summed E-state index contributed by atoms with van der Waals surface area (Å²) in [7, 11) is 7.27. The summed E-state index contributed by atoms with van der Waals surface area (Å²) in [6.45, 7) is 0. The quantitative estimate of drug-likeness (QED) is 0.293. The van der Waals surface area contributed by atoms with Gasteiger partial charge in [0.1, 0.15) is 5.00 Å². The predicted octanol–water partition coefficient (Wildman–Crippen LogP) is 4.40. The maximum Gasteiger partial charge on any atom is 0.341 e. The van der Waals surface area contributed by atoms with Gasteiger partial charge in [-0.15, -0.1) is 21.5 Å². The van der Waals surface area contributed by atoms with Gasteiger partial charge in [0.25, 0.3) is 0 Å². The van der Waals surface area contributed by atoms with Gasteiger partial charge >= 0.3 is 5.97 Å². The molecule has 2 aromatic heterocycles. The number of aryl methyl sites for hydroxylation is 1. The number of hydrogen-bond donors (Lipinski definition) is 1. The van der Waals surface area contributed by atoms with Crippen LogP contribution in [0.2, 0.25) is 0 Å². The van der Waals surface area contributed by atoms with Crippen LogP contribution in [-0.4, -0.2) is 53.6 Å². The molecule has 0 radical (unpaired) electrons. The molecule has 34 heavy (non-hydrogen) atoms. The summed E-state index contributed by atoms with van der Waals surface area (Å²) >= 11 is 2.81. The lowest BCUT2D eigenvalue weighted by Crippen LogP contribution is -2.16. The Morgan fingerprint density at radius 1 is 1.15 bits per heavy atom. The van der Waals surface area contributed by atoms with Crippen LogP contribution in [0.1, 0.15) is 40.1 Å². The Hall–Kier alpha value is -2.85. The minimum Gasteiger partial charge on any atom is -0.465 e. The number of methoxy groups -OCH3 is 1. The third kappa shape index (κ3) is 5.12. The summed E-state index contributed by atoms with van der Waals surface area (Å²) < 4.78 is 6.91. The molecule has 4 rings (SSSR count). The highest BCUT2D eigenvalue weighted by Crippen LogP contribution is 2.38. The van der Waals surface area contributed by atoms with Gasteiger partial charge in [-0.2, -0.15) is 0 Å². The highest BCUT2D eigenvalue weighted by molar-refractivity contribution is 7.99. The van der Waals surface area contributed by atoms with E-state index >= 15 is 0 Å². The number of rotatable bonds is 7. The molecule has 1 aromatic carbocycles. The van der Waals surface area contributed by atoms with Crippen molar-refractivity contribution in [3.05, 3.63) is 40.3 Å². The van der Waals surface area contributed by atoms with Gasteiger partial charge in [-0.3, -0.25) is 4.79 Å². The van der Waals surface area contributed by atoms with E-state index in [9.17, 15) is 9.59 Å². The minimum absolute atomic E-state index is 0.161. The fourth-order valence-electron chi connectivity index (χ4n) is 4.04. The number of carbonyl (C=O) groups excluding carboxylic acids is 2. The van der Waals surface area contributed by atoms with Crippen molar-refractivity contribution in [2.45, 2.75) is 37.3 Å². The van der Waals surface area contributed by atoms with Crippen molar-refractivity contribution >= 4 is 45.7 Å². The van der Waals surface area contributed by atoms with Crippen molar-refractivity contribution in [1.29, 1.82) is 0 Å². The molecule has 1 N–H and O–H groups in total. The summed E-state index contributed by atoms with van der Waals surface area (Å²) in [4.78, 5) is 28.5. The first-order valence-electron chi connectivity index (χ1n) is 11.2. The van der Waals surface area contributed by atoms with Gasteiger partial charge in [0.05, 0.1) is 18.4 Å². The van der Waals surface area contributed by atoms with E-state index in [-0.39, 0.29) is 17.6 Å². The second-order valence-electron chi connectivity index (χ2n) is 8.40. The Kier molecular flexibility index (Phi) is 7.57. The van der Waals surface area contributed by atoms with Gasteiger partial charge in [0, 0.05) is 37.3 Å². The van der Waals surface area contributed by atoms with Gasteiger partial charge in [-0.25, -0.2) is 4.79 Å². The standard InChI is InChI=1S/C24H29N5O3S2/c1-28(2)16-12-10-15(11-13-16)21-26-27-24(29(21)3)33-14-19(30)25-22-20(23(31)32-4)17-8-6-5-7-9-18(17)34-22/h10-13H,5-9,14H2,1-4H3,(H,25,30). The summed E-state index contributed by atoms with van der Waals surface area (Å²) in [5.41, 5.74) is 3.62. The van der Waals surface area contributed by atoms with Crippen LogP contribution in [0.3, 0.4) is 0 Å². The van der Waals surface area contributed by atoms with Crippen LogP contribution >= 0.6 is 23.1 Å². The largest absolute Gasteiger partial charge is 0.465 e. The first kappa shape index (κ1) is 24.3. The smallest absolute Gasteiger partial charge is 0.341 e. The molecule has 1 aliphatic rings. The van der Waals surface area contributed by atoms with E-state index in [0.717, 1.165) is 54.7 Å². The molecule has 0 bridgehead atoms. The molecule has 0 spiro atoms. The number of hydrogen-bond acceptors (Lipinski definition) is 8. The van der Waals surface area contributed by atoms with E-state index in [4.69, 9.17) is 4.74 Å². The topological polar surface area (TPSA) is 89.3 Å². The summed E-state index contributed by atoms with van der Waals surface area (Å²) in [6.07, 6.45) is 5.08. The number of ether oxygens (including phenoxy) is 1. The van der Waals surface area contributed by atoms with Gasteiger partial charge in [0.15, 0.2) is 11.0 Å². The van der Waals surface area contributed by atoms with Crippen molar-refractivity contribution < 1.29 is 14.3 Å². The molecular weight excluding hydrogens is 470 g/mol. The van der Waals surface area contributed by atoms with E-state index in [2.05, 4.69) is 15.5 Å². The van der Waals surface area contributed by atoms with Crippen molar-refractivity contribution in [2.24, 2.45) is 7.05 Å². The zero-order valence-corrected chi connectivity index (χ0v) is 21.5. The van der Waals surface area contributed by atoms with E-state index in [1.807, 2.05) is 54.9 Å². The molecule has 0 unspecified atom stereocenters. The molecule has 1 aliphatic carbocycles. The SMILES string of the molecule is COC(=O)c1c(NC(=O)CSc2nnc(-c3ccc(N(C)C)cc3)n2C)sc2c1CCCCC2. The lowest BCUT2D eigenvalue weighted by Gasteiger charge is -2.12. The zero-order valence-electron chi connectivity index (χ0n) is 19.9. The molecule has 10 heteroatoms. The molecule has 0 saturated carbocycles. The second kappa shape index (κ2) is 10.6. The average Bonchev–Trinajstić information content (AvgIpc) is 3.27. The average molecular weight is 500 g/mol. The monoisotopic (exact) mass is 499 g/mol. The number of fused-ring (bicyclic) bond motifs is 1. The lowest BCUT2D eigenvalue weighted by molar-refractivity contribution is -0.113. The van der Waals surface area contributed by atoms with E-state index in [1.54, 1.807) is 0 Å². The number of anilines is 2. The van der Waals surface area contributed by atoms with Crippen LogP contribution in [0, 0.1) is 0 Å². The molecule has 0 fully saturated rings. The maximum atomic E-state index is 12.8. The molecule has 180 valence electrons. The molecule has 0 aliphatic heterocycles. The number of aromatic nitrogens is 3. The minimum atomic E-state index is -0.388. The molecule has 8 nitrogen and oxygen atoms in total. The van der Waals surface area contributed by atoms with Crippen LogP contribution in [0.25, 0.3) is 11.4 Å². The third-order valence-electron chi connectivity index (χ3n) is 5.87. The van der Waals surface area contributed by atoms with Crippen molar-refractivity contribution in [2.75, 3.05) is 37.2 Å². The highest BCUT2D eigenvalue weighted by atomic mass is 32.2. The third-order valence-corrected chi connectivity index (χ3v) is 8.10. The van der Waals surface area contributed by atoms with Gasteiger partial charge in [-0.05, 0) is 55.5 Å². The van der Waals surface area contributed by atoms with Crippen LogP contribution in [0.4, 0.5) is 10.7 Å². The summed E-state index contributed by atoms with van der Waals surface area (Å²) in [6, 6.07) is 8.09. The van der Waals surface area contributed by atoms with E-state index in [1.165, 1.54) is 35.1 Å². The molecule has 3 aromatic rings. The number of nitrogens with zero attached hydrogens (tertiary/aromatic N) is 4. The number of amides is 1. The van der Waals surface area contributed by atoms with Gasteiger partial charge in [0.2, 0.25) is 5.91 Å². The summed E-state index contributed by atoms with van der Waals surface area (Å²) in [5.74, 6) is 0.324. The van der Waals surface area contributed by atoms with E-state index in [0.29, 0.717) is 15.7 Å². The first-order chi connectivity index (χ1) is 16.4. The number of thioether (sulfide) groups is 1. The fourth-order valence-corrected chi connectivity index (χ4v) is 6.05. The van der Waals surface area contributed by atoms with Crippen molar-refractivity contribution in [1.82, 2.24) is 14.8 Å². The van der Waals surface area contributed by atoms with Crippen LogP contribution in [0.5, 0.6) is 0 Å². The van der Waals surface area contributed by atoms with Crippen LogP contribution < -0.4 is 10.2 Å². The highest BCUT2D eigenvalue weighted by Gasteiger charge is 2.26. The number of esters is 1. The predicted molar refractivity (Wildman–Crippen MR) is 137 cm³/mol. The van der Waals surface area contributed by atoms with Crippen molar-refractivity contribution in [3.63, 3.8) is 0 Å². The Morgan fingerprint density at radius 3 is 2.59 bits per heavy atom. The van der Waals surface area contributed by atoms with Gasteiger partial charge < -0.3 is 19.5 Å². The lowest BCUT2D eigenvalue weighted by atomic mass is 10.1. The Balaban J connectivity index is 1.45. The zero-order chi connectivity index (χ0) is 24.2. The van der Waals surface area contributed by atoms with Crippen LogP contribution in [0.15, 0.2) is 29.4 Å². The Bertz CT molecular complexity index is 1180.